The summed E-state index contributed by atoms with van der Waals surface area (Å²) in [6.07, 6.45) is 6.04. The highest BCUT2D eigenvalue weighted by atomic mass is 32.2. The first-order valence-electron chi connectivity index (χ1n) is 9.53. The van der Waals surface area contributed by atoms with E-state index in [0.29, 0.717) is 10.7 Å². The summed E-state index contributed by atoms with van der Waals surface area (Å²) >= 11 is 0.909. The first-order valence-corrected chi connectivity index (χ1v) is 10.4. The van der Waals surface area contributed by atoms with E-state index in [4.69, 9.17) is 0 Å². The molecule has 1 saturated heterocycles. The van der Waals surface area contributed by atoms with E-state index in [-0.39, 0.29) is 11.1 Å². The highest BCUT2D eigenvalue weighted by molar-refractivity contribution is 8.18. The summed E-state index contributed by atoms with van der Waals surface area (Å²) in [7, 11) is 0. The summed E-state index contributed by atoms with van der Waals surface area (Å²) in [5.74, 6) is 0.346. The second kappa shape index (κ2) is 8.92. The number of benzene rings is 2. The van der Waals surface area contributed by atoms with Crippen molar-refractivity contribution in [1.29, 1.82) is 0 Å². The van der Waals surface area contributed by atoms with Crippen molar-refractivity contribution in [1.82, 2.24) is 15.3 Å². The molecule has 0 spiro atoms. The third-order valence-corrected chi connectivity index (χ3v) is 5.34. The molecule has 1 fully saturated rings. The fourth-order valence-electron chi connectivity index (χ4n) is 3.19. The van der Waals surface area contributed by atoms with Gasteiger partial charge in [-0.2, -0.15) is 0 Å². The summed E-state index contributed by atoms with van der Waals surface area (Å²) < 4.78 is 0. The van der Waals surface area contributed by atoms with Crippen LogP contribution in [-0.2, 0) is 11.2 Å². The average molecular weight is 417 g/mol. The van der Waals surface area contributed by atoms with Gasteiger partial charge in [0.15, 0.2) is 0 Å². The van der Waals surface area contributed by atoms with E-state index < -0.39 is 0 Å². The molecule has 4 rings (SSSR count). The largest absolute Gasteiger partial charge is 0.368 e. The molecule has 1 aliphatic heterocycles. The molecule has 2 amide bonds. The van der Waals surface area contributed by atoms with Crippen LogP contribution in [0.1, 0.15) is 16.7 Å². The van der Waals surface area contributed by atoms with Gasteiger partial charge in [0.1, 0.15) is 5.82 Å². The maximum Gasteiger partial charge on any atom is 0.290 e. The number of amides is 2. The van der Waals surface area contributed by atoms with Crippen molar-refractivity contribution >= 4 is 34.8 Å². The summed E-state index contributed by atoms with van der Waals surface area (Å²) in [5.41, 5.74) is 4.76. The Morgan fingerprint density at radius 3 is 2.70 bits per heavy atom. The van der Waals surface area contributed by atoms with Crippen molar-refractivity contribution < 1.29 is 9.59 Å². The van der Waals surface area contributed by atoms with Crippen LogP contribution < -0.4 is 10.6 Å². The van der Waals surface area contributed by atoms with Crippen molar-refractivity contribution in [3.8, 4) is 11.3 Å². The van der Waals surface area contributed by atoms with Crippen molar-refractivity contribution in [3.05, 3.63) is 82.5 Å². The van der Waals surface area contributed by atoms with Gasteiger partial charge in [-0.3, -0.25) is 19.9 Å². The van der Waals surface area contributed by atoms with E-state index in [1.165, 1.54) is 5.56 Å². The summed E-state index contributed by atoms with van der Waals surface area (Å²) in [6.45, 7) is 2.74. The van der Waals surface area contributed by atoms with Gasteiger partial charge >= 0.3 is 0 Å². The summed E-state index contributed by atoms with van der Waals surface area (Å²) in [6, 6.07) is 16.2. The minimum atomic E-state index is -0.363. The molecule has 2 aromatic carbocycles. The number of carbonyl (C=O) groups is 2. The van der Waals surface area contributed by atoms with E-state index >= 15 is 0 Å². The molecule has 1 aromatic heterocycles. The minimum Gasteiger partial charge on any atom is -0.368 e. The standard InChI is InChI=1S/C23H20N4O2S/c1-15-9-17(12-20-22(28)27-23(29)30-20)11-18(10-15)19-13-24-14-21(26-19)25-8-7-16-5-3-2-4-6-16/h2-6,9-14H,7-8H2,1H3,(H,25,26)(H,27,28,29). The summed E-state index contributed by atoms with van der Waals surface area (Å²) in [4.78, 5) is 32.6. The van der Waals surface area contributed by atoms with E-state index in [0.717, 1.165) is 47.1 Å². The number of nitrogens with zero attached hydrogens (tertiary/aromatic N) is 2. The Kier molecular flexibility index (Phi) is 5.90. The molecular formula is C23H20N4O2S. The number of thioether (sulfide) groups is 1. The minimum absolute atomic E-state index is 0.348. The van der Waals surface area contributed by atoms with Gasteiger partial charge in [0, 0.05) is 12.1 Å². The topological polar surface area (TPSA) is 84.0 Å². The van der Waals surface area contributed by atoms with Crippen molar-refractivity contribution in [2.45, 2.75) is 13.3 Å². The summed E-state index contributed by atoms with van der Waals surface area (Å²) in [5, 5.41) is 5.25. The van der Waals surface area contributed by atoms with Crippen LogP contribution in [-0.4, -0.2) is 27.7 Å². The molecule has 3 aromatic rings. The van der Waals surface area contributed by atoms with Crippen molar-refractivity contribution in [3.63, 3.8) is 0 Å². The molecule has 0 unspecified atom stereocenters. The number of hydrogen-bond acceptors (Lipinski definition) is 6. The van der Waals surface area contributed by atoms with Gasteiger partial charge in [0.05, 0.1) is 23.0 Å². The average Bonchev–Trinajstić information content (AvgIpc) is 3.05. The van der Waals surface area contributed by atoms with E-state index in [9.17, 15) is 9.59 Å². The Morgan fingerprint density at radius 2 is 1.93 bits per heavy atom. The zero-order valence-corrected chi connectivity index (χ0v) is 17.2. The molecule has 30 heavy (non-hydrogen) atoms. The predicted molar refractivity (Wildman–Crippen MR) is 120 cm³/mol. The van der Waals surface area contributed by atoms with Crippen LogP contribution in [0.3, 0.4) is 0 Å². The molecule has 0 atom stereocenters. The SMILES string of the molecule is Cc1cc(C=C2SC(=O)NC2=O)cc(-c2cncc(NCCc3ccccc3)n2)c1. The van der Waals surface area contributed by atoms with Crippen molar-refractivity contribution in [2.75, 3.05) is 11.9 Å². The molecular weight excluding hydrogens is 396 g/mol. The quantitative estimate of drug-likeness (QED) is 0.579. The molecule has 2 heterocycles. The third-order valence-electron chi connectivity index (χ3n) is 4.53. The second-order valence-electron chi connectivity index (χ2n) is 6.94. The van der Waals surface area contributed by atoms with Crippen LogP contribution in [0, 0.1) is 6.92 Å². The van der Waals surface area contributed by atoms with Crippen LogP contribution >= 0.6 is 11.8 Å². The predicted octanol–water partition coefficient (Wildman–Crippen LogP) is 4.43. The number of carbonyl (C=O) groups excluding carboxylic acids is 2. The molecule has 0 saturated carbocycles. The van der Waals surface area contributed by atoms with Gasteiger partial charge in [-0.05, 0) is 60.0 Å². The first kappa shape index (κ1) is 19.8. The van der Waals surface area contributed by atoms with Crippen LogP contribution in [0.25, 0.3) is 17.3 Å². The zero-order valence-electron chi connectivity index (χ0n) is 16.4. The third kappa shape index (κ3) is 4.93. The molecule has 2 N–H and O–H groups in total. The number of nitrogens with one attached hydrogen (secondary N) is 2. The van der Waals surface area contributed by atoms with E-state index in [1.54, 1.807) is 18.5 Å². The normalized spacial score (nSPS) is 14.8. The Morgan fingerprint density at radius 1 is 1.10 bits per heavy atom. The lowest BCUT2D eigenvalue weighted by Gasteiger charge is -2.09. The number of rotatable bonds is 6. The lowest BCUT2D eigenvalue weighted by atomic mass is 10.0. The Hall–Kier alpha value is -3.45. The van der Waals surface area contributed by atoms with Gasteiger partial charge in [0.25, 0.3) is 11.1 Å². The second-order valence-corrected chi connectivity index (χ2v) is 7.95. The molecule has 0 aliphatic carbocycles. The number of anilines is 1. The first-order chi connectivity index (χ1) is 14.6. The fraction of sp³-hybridized carbons (Fsp3) is 0.130. The molecule has 7 heteroatoms. The number of aromatic nitrogens is 2. The Bertz CT molecular complexity index is 1130. The van der Waals surface area contributed by atoms with Crippen LogP contribution in [0.15, 0.2) is 65.8 Å². The molecule has 6 nitrogen and oxygen atoms in total. The molecule has 1 aliphatic rings. The molecule has 0 radical (unpaired) electrons. The van der Waals surface area contributed by atoms with Crippen LogP contribution in [0.2, 0.25) is 0 Å². The van der Waals surface area contributed by atoms with Gasteiger partial charge < -0.3 is 5.32 Å². The number of aryl methyl sites for hydroxylation is 1. The van der Waals surface area contributed by atoms with Gasteiger partial charge in [-0.25, -0.2) is 4.98 Å². The van der Waals surface area contributed by atoms with Gasteiger partial charge in [-0.1, -0.05) is 36.4 Å². The maximum absolute atomic E-state index is 11.8. The maximum atomic E-state index is 11.8. The Balaban J connectivity index is 1.52. The fourth-order valence-corrected chi connectivity index (χ4v) is 3.87. The number of hydrogen-bond donors (Lipinski definition) is 2. The highest BCUT2D eigenvalue weighted by Crippen LogP contribution is 2.28. The van der Waals surface area contributed by atoms with Gasteiger partial charge in [-0.15, -0.1) is 0 Å². The lowest BCUT2D eigenvalue weighted by molar-refractivity contribution is -0.115. The number of imide groups is 1. The highest BCUT2D eigenvalue weighted by Gasteiger charge is 2.25. The zero-order chi connectivity index (χ0) is 20.9. The monoisotopic (exact) mass is 416 g/mol. The lowest BCUT2D eigenvalue weighted by Crippen LogP contribution is -2.17. The Labute approximate surface area is 178 Å². The van der Waals surface area contributed by atoms with Crippen LogP contribution in [0.5, 0.6) is 0 Å². The molecule has 150 valence electrons. The van der Waals surface area contributed by atoms with E-state index in [2.05, 4.69) is 32.7 Å². The van der Waals surface area contributed by atoms with E-state index in [1.807, 2.05) is 43.3 Å². The van der Waals surface area contributed by atoms with Gasteiger partial charge in [0.2, 0.25) is 0 Å². The smallest absolute Gasteiger partial charge is 0.290 e. The van der Waals surface area contributed by atoms with Crippen LogP contribution in [0.4, 0.5) is 10.6 Å². The molecule has 0 bridgehead atoms. The van der Waals surface area contributed by atoms with Crippen molar-refractivity contribution in [2.24, 2.45) is 0 Å².